The summed E-state index contributed by atoms with van der Waals surface area (Å²) in [6.45, 7) is 4.06. The molecule has 2 rings (SSSR count). The Balaban J connectivity index is 0. The predicted octanol–water partition coefficient (Wildman–Crippen LogP) is -1.32. The van der Waals surface area contributed by atoms with Gasteiger partial charge in [-0.2, -0.15) is 0 Å². The SMILES string of the molecule is Cl.Cl.NC1CNC1.NC1CNC1. The van der Waals surface area contributed by atoms with Crippen molar-refractivity contribution < 1.29 is 0 Å². The third-order valence-corrected chi connectivity index (χ3v) is 1.63. The van der Waals surface area contributed by atoms with Gasteiger partial charge in [0.05, 0.1) is 0 Å². The van der Waals surface area contributed by atoms with Gasteiger partial charge in [0.1, 0.15) is 0 Å². The van der Waals surface area contributed by atoms with Gasteiger partial charge in [-0.3, -0.25) is 0 Å². The van der Waals surface area contributed by atoms with Crippen LogP contribution in [0.5, 0.6) is 0 Å². The molecule has 4 nitrogen and oxygen atoms in total. The molecule has 0 spiro atoms. The topological polar surface area (TPSA) is 76.1 Å². The van der Waals surface area contributed by atoms with Crippen molar-refractivity contribution in [3.63, 3.8) is 0 Å². The van der Waals surface area contributed by atoms with Crippen molar-refractivity contribution in [2.45, 2.75) is 12.1 Å². The van der Waals surface area contributed by atoms with E-state index in [1.54, 1.807) is 0 Å². The highest BCUT2D eigenvalue weighted by atomic mass is 35.5. The largest absolute Gasteiger partial charge is 0.326 e. The van der Waals surface area contributed by atoms with Crippen molar-refractivity contribution in [1.29, 1.82) is 0 Å². The first-order chi connectivity index (χ1) is 4.79. The van der Waals surface area contributed by atoms with Crippen molar-refractivity contribution >= 4 is 24.8 Å². The van der Waals surface area contributed by atoms with Gasteiger partial charge in [0.25, 0.3) is 0 Å². The van der Waals surface area contributed by atoms with Crippen LogP contribution in [0.4, 0.5) is 0 Å². The number of halogens is 2. The Hall–Kier alpha value is 0.420. The normalized spacial score (nSPS) is 21.5. The fourth-order valence-electron chi connectivity index (χ4n) is 0.622. The molecule has 0 amide bonds. The summed E-state index contributed by atoms with van der Waals surface area (Å²) in [5.74, 6) is 0. The molecule has 0 aromatic carbocycles. The second-order valence-electron chi connectivity index (χ2n) is 2.84. The molecule has 0 aromatic rings. The molecule has 2 aliphatic heterocycles. The van der Waals surface area contributed by atoms with E-state index < -0.39 is 0 Å². The summed E-state index contributed by atoms with van der Waals surface area (Å²) in [6.07, 6.45) is 0. The maximum atomic E-state index is 5.32. The zero-order valence-corrected chi connectivity index (χ0v) is 8.59. The number of nitrogens with two attached hydrogens (primary N) is 2. The molecule has 76 valence electrons. The first-order valence-corrected chi connectivity index (χ1v) is 3.71. The third kappa shape index (κ3) is 5.99. The number of nitrogens with one attached hydrogen (secondary N) is 2. The summed E-state index contributed by atoms with van der Waals surface area (Å²) in [6, 6.07) is 0.907. The van der Waals surface area contributed by atoms with E-state index in [1.807, 2.05) is 0 Å². The van der Waals surface area contributed by atoms with Crippen LogP contribution in [0.2, 0.25) is 0 Å². The highest BCUT2D eigenvalue weighted by Crippen LogP contribution is 1.81. The summed E-state index contributed by atoms with van der Waals surface area (Å²) in [5, 5.41) is 6.07. The minimum absolute atomic E-state index is 0. The smallest absolute Gasteiger partial charge is 0.0292 e. The van der Waals surface area contributed by atoms with Crippen molar-refractivity contribution in [2.24, 2.45) is 11.5 Å². The van der Waals surface area contributed by atoms with Gasteiger partial charge >= 0.3 is 0 Å². The quantitative estimate of drug-likeness (QED) is 0.406. The van der Waals surface area contributed by atoms with Gasteiger partial charge < -0.3 is 22.1 Å². The van der Waals surface area contributed by atoms with E-state index in [9.17, 15) is 0 Å². The van der Waals surface area contributed by atoms with Crippen LogP contribution >= 0.6 is 24.8 Å². The van der Waals surface area contributed by atoms with E-state index >= 15 is 0 Å². The number of hydrogen-bond donors (Lipinski definition) is 4. The second kappa shape index (κ2) is 8.04. The van der Waals surface area contributed by atoms with Crippen molar-refractivity contribution in [1.82, 2.24) is 10.6 Å². The molecule has 12 heavy (non-hydrogen) atoms. The Kier molecular flexibility index (Phi) is 9.99. The van der Waals surface area contributed by atoms with Crippen LogP contribution in [0.3, 0.4) is 0 Å². The molecule has 6 heteroatoms. The molecule has 6 N–H and O–H groups in total. The number of hydrogen-bond acceptors (Lipinski definition) is 4. The summed E-state index contributed by atoms with van der Waals surface area (Å²) in [4.78, 5) is 0. The lowest BCUT2D eigenvalue weighted by molar-refractivity contribution is 0.445. The van der Waals surface area contributed by atoms with E-state index in [2.05, 4.69) is 10.6 Å². The van der Waals surface area contributed by atoms with Gasteiger partial charge in [0.15, 0.2) is 0 Å². The van der Waals surface area contributed by atoms with E-state index in [-0.39, 0.29) is 24.8 Å². The molecule has 2 saturated heterocycles. The molecule has 0 aliphatic carbocycles. The number of rotatable bonds is 0. The monoisotopic (exact) mass is 216 g/mol. The Morgan fingerprint density at radius 1 is 0.750 bits per heavy atom. The summed E-state index contributed by atoms with van der Waals surface area (Å²) >= 11 is 0. The molecule has 0 atom stereocenters. The fraction of sp³-hybridized carbons (Fsp3) is 1.00. The molecule has 0 saturated carbocycles. The van der Waals surface area contributed by atoms with Gasteiger partial charge in [-0.1, -0.05) is 0 Å². The van der Waals surface area contributed by atoms with Gasteiger partial charge in [0, 0.05) is 38.3 Å². The van der Waals surface area contributed by atoms with E-state index in [0.29, 0.717) is 12.1 Å². The summed E-state index contributed by atoms with van der Waals surface area (Å²) in [5.41, 5.74) is 10.6. The molecule has 0 radical (unpaired) electrons. The van der Waals surface area contributed by atoms with Crippen molar-refractivity contribution in [3.8, 4) is 0 Å². The molecule has 2 aliphatic rings. The van der Waals surface area contributed by atoms with Crippen molar-refractivity contribution in [3.05, 3.63) is 0 Å². The Morgan fingerprint density at radius 3 is 0.917 bits per heavy atom. The zero-order chi connectivity index (χ0) is 7.40. The van der Waals surface area contributed by atoms with Gasteiger partial charge in [-0.05, 0) is 0 Å². The van der Waals surface area contributed by atoms with Gasteiger partial charge in [-0.15, -0.1) is 24.8 Å². The average Bonchev–Trinajstić information content (AvgIpc) is 1.80. The first kappa shape index (κ1) is 14.9. The highest BCUT2D eigenvalue weighted by Gasteiger charge is 2.08. The van der Waals surface area contributed by atoms with Crippen LogP contribution in [0, 0.1) is 0 Å². The van der Waals surface area contributed by atoms with Gasteiger partial charge in [0.2, 0.25) is 0 Å². The van der Waals surface area contributed by atoms with E-state index in [0.717, 1.165) is 26.2 Å². The average molecular weight is 217 g/mol. The standard InChI is InChI=1S/2C3H8N2.2ClH/c2*4-3-1-5-2-3;;/h2*3,5H,1-2,4H2;2*1H. The van der Waals surface area contributed by atoms with Crippen LogP contribution in [0.15, 0.2) is 0 Å². The van der Waals surface area contributed by atoms with Crippen molar-refractivity contribution in [2.75, 3.05) is 26.2 Å². The summed E-state index contributed by atoms with van der Waals surface area (Å²) < 4.78 is 0. The Labute approximate surface area is 85.6 Å². The molecular weight excluding hydrogens is 199 g/mol. The summed E-state index contributed by atoms with van der Waals surface area (Å²) in [7, 11) is 0. The lowest BCUT2D eigenvalue weighted by Crippen LogP contribution is -2.52. The van der Waals surface area contributed by atoms with E-state index in [1.165, 1.54) is 0 Å². The third-order valence-electron chi connectivity index (χ3n) is 1.63. The van der Waals surface area contributed by atoms with Crippen LogP contribution in [-0.2, 0) is 0 Å². The molecule has 0 unspecified atom stereocenters. The minimum Gasteiger partial charge on any atom is -0.326 e. The Bertz CT molecular complexity index is 83.5. The Morgan fingerprint density at radius 2 is 0.917 bits per heavy atom. The predicted molar refractivity (Wildman–Crippen MR) is 56.2 cm³/mol. The van der Waals surface area contributed by atoms with Gasteiger partial charge in [-0.25, -0.2) is 0 Å². The molecule has 2 fully saturated rings. The second-order valence-corrected chi connectivity index (χ2v) is 2.84. The molecule has 0 bridgehead atoms. The lowest BCUT2D eigenvalue weighted by atomic mass is 10.2. The molecule has 2 heterocycles. The van der Waals surface area contributed by atoms with Crippen LogP contribution in [-0.4, -0.2) is 38.3 Å². The van der Waals surface area contributed by atoms with Crippen LogP contribution in [0.1, 0.15) is 0 Å². The van der Waals surface area contributed by atoms with E-state index in [4.69, 9.17) is 11.5 Å². The van der Waals surface area contributed by atoms with Crippen LogP contribution < -0.4 is 22.1 Å². The molecular formula is C6H18Cl2N4. The highest BCUT2D eigenvalue weighted by molar-refractivity contribution is 5.85. The first-order valence-electron chi connectivity index (χ1n) is 3.71. The fourth-order valence-corrected chi connectivity index (χ4v) is 0.622. The zero-order valence-electron chi connectivity index (χ0n) is 6.95. The maximum Gasteiger partial charge on any atom is 0.0292 e. The lowest BCUT2D eigenvalue weighted by Gasteiger charge is -2.21. The van der Waals surface area contributed by atoms with Crippen LogP contribution in [0.25, 0.3) is 0 Å². The minimum atomic E-state index is 0. The molecule has 0 aromatic heterocycles. The maximum absolute atomic E-state index is 5.32.